The molecule has 0 bridgehead atoms. The van der Waals surface area contributed by atoms with Crippen molar-refractivity contribution in [3.05, 3.63) is 113 Å². The summed E-state index contributed by atoms with van der Waals surface area (Å²) >= 11 is 0. The van der Waals surface area contributed by atoms with E-state index < -0.39 is 48.7 Å². The van der Waals surface area contributed by atoms with Crippen LogP contribution in [0.4, 0.5) is 4.39 Å². The number of rotatable bonds is 7. The predicted molar refractivity (Wildman–Crippen MR) is 136 cm³/mol. The molecule has 0 N–H and O–H groups in total. The van der Waals surface area contributed by atoms with Crippen molar-refractivity contribution in [3.63, 3.8) is 0 Å². The number of carbonyl (C=O) groups is 2. The van der Waals surface area contributed by atoms with Crippen molar-refractivity contribution in [1.82, 2.24) is 4.57 Å². The Kier molecular flexibility index (Phi) is 7.19. The molecule has 1 saturated heterocycles. The molecular weight excluding hydrogens is 493 g/mol. The van der Waals surface area contributed by atoms with Gasteiger partial charge in [-0.3, -0.25) is 9.36 Å². The van der Waals surface area contributed by atoms with Crippen molar-refractivity contribution < 1.29 is 32.9 Å². The third-order valence-electron chi connectivity index (χ3n) is 6.32. The molecule has 5 rings (SSSR count). The summed E-state index contributed by atoms with van der Waals surface area (Å²) in [5, 5.41) is 0.945. The quantitative estimate of drug-likeness (QED) is 0.337. The Morgan fingerprint density at radius 3 is 2.24 bits per heavy atom. The van der Waals surface area contributed by atoms with Gasteiger partial charge in [-0.2, -0.15) is 0 Å². The highest BCUT2D eigenvalue weighted by Gasteiger charge is 2.49. The average molecular weight is 518 g/mol. The second kappa shape index (κ2) is 10.9. The van der Waals surface area contributed by atoms with Crippen LogP contribution in [-0.2, 0) is 14.2 Å². The van der Waals surface area contributed by atoms with Gasteiger partial charge in [0.1, 0.15) is 18.5 Å². The van der Waals surface area contributed by atoms with Gasteiger partial charge in [0.05, 0.1) is 23.6 Å². The molecule has 8 nitrogen and oxygen atoms in total. The molecule has 2 heterocycles. The van der Waals surface area contributed by atoms with Gasteiger partial charge in [-0.1, -0.05) is 42.5 Å². The van der Waals surface area contributed by atoms with E-state index in [1.807, 2.05) is 0 Å². The first kappa shape index (κ1) is 25.2. The predicted octanol–water partition coefficient (Wildman–Crippen LogP) is 4.33. The zero-order valence-electron chi connectivity index (χ0n) is 20.4. The maximum Gasteiger partial charge on any atom is 0.338 e. The second-order valence-corrected chi connectivity index (χ2v) is 8.69. The molecule has 1 fully saturated rings. The van der Waals surface area contributed by atoms with Crippen LogP contribution >= 0.6 is 0 Å². The zero-order valence-corrected chi connectivity index (χ0v) is 20.4. The third kappa shape index (κ3) is 5.01. The molecule has 4 atom stereocenters. The minimum absolute atomic E-state index is 0.221. The van der Waals surface area contributed by atoms with Crippen molar-refractivity contribution in [2.45, 2.75) is 24.6 Å². The van der Waals surface area contributed by atoms with Gasteiger partial charge in [-0.25, -0.2) is 14.0 Å². The second-order valence-electron chi connectivity index (χ2n) is 8.69. The molecule has 0 saturated carbocycles. The molecular formula is C29H24FNO7. The van der Waals surface area contributed by atoms with Crippen LogP contribution in [0.2, 0.25) is 0 Å². The molecule has 0 radical (unpaired) electrons. The van der Waals surface area contributed by atoms with Gasteiger partial charge in [-0.05, 0) is 47.9 Å². The fourth-order valence-electron chi connectivity index (χ4n) is 4.33. The zero-order chi connectivity index (χ0) is 26.6. The number of hydrogen-bond donors (Lipinski definition) is 0. The van der Waals surface area contributed by atoms with Crippen LogP contribution in [0.15, 0.2) is 95.9 Å². The van der Waals surface area contributed by atoms with Crippen LogP contribution in [0.5, 0.6) is 5.75 Å². The monoisotopic (exact) mass is 517 g/mol. The molecule has 0 aliphatic carbocycles. The molecule has 0 spiro atoms. The number of alkyl halides is 1. The molecule has 9 heteroatoms. The first-order chi connectivity index (χ1) is 18.5. The Labute approximate surface area is 217 Å². The summed E-state index contributed by atoms with van der Waals surface area (Å²) < 4.78 is 39.0. The number of fused-ring (bicyclic) bond motifs is 1. The molecule has 1 aromatic heterocycles. The Morgan fingerprint density at radius 2 is 1.58 bits per heavy atom. The fraction of sp³-hybridized carbons (Fsp3) is 0.207. The standard InChI is InChI=1S/C29H24FNO7/c1-35-21-13-12-18-14-15-31(26(32)22(18)16-21)27-24(30)25(38-29(34)20-10-6-3-7-11-20)23(37-27)17-36-28(33)19-8-4-2-5-9-19/h2-16,23-25,27H,17H2,1H3/t23-,24+,25-,27+/m1/s1. The van der Waals surface area contributed by atoms with E-state index in [1.165, 1.54) is 25.4 Å². The molecule has 3 aromatic carbocycles. The Morgan fingerprint density at radius 1 is 0.921 bits per heavy atom. The van der Waals surface area contributed by atoms with Gasteiger partial charge in [-0.15, -0.1) is 0 Å². The summed E-state index contributed by atoms with van der Waals surface area (Å²) in [4.78, 5) is 38.6. The van der Waals surface area contributed by atoms with E-state index in [9.17, 15) is 14.4 Å². The SMILES string of the molecule is COc1ccc2ccn([C@H]3O[C@H](COC(=O)c4ccccc4)[C@@H](OC(=O)c4ccccc4)[C@@H]3F)c(=O)c2c1. The number of benzene rings is 3. The smallest absolute Gasteiger partial charge is 0.338 e. The van der Waals surface area contributed by atoms with Gasteiger partial charge in [0.15, 0.2) is 18.5 Å². The number of methoxy groups -OCH3 is 1. The molecule has 1 aliphatic rings. The van der Waals surface area contributed by atoms with E-state index in [2.05, 4.69) is 0 Å². The minimum atomic E-state index is -1.93. The maximum atomic E-state index is 15.9. The molecule has 0 amide bonds. The number of esters is 2. The van der Waals surface area contributed by atoms with Crippen molar-refractivity contribution in [3.8, 4) is 5.75 Å². The molecule has 1 aliphatic heterocycles. The third-order valence-corrected chi connectivity index (χ3v) is 6.32. The number of carbonyl (C=O) groups excluding carboxylic acids is 2. The molecule has 38 heavy (non-hydrogen) atoms. The number of pyridine rings is 1. The van der Waals surface area contributed by atoms with Gasteiger partial charge >= 0.3 is 11.9 Å². The van der Waals surface area contributed by atoms with Crippen molar-refractivity contribution >= 4 is 22.7 Å². The Balaban J connectivity index is 1.44. The highest BCUT2D eigenvalue weighted by atomic mass is 19.1. The van der Waals surface area contributed by atoms with Crippen molar-refractivity contribution in [2.75, 3.05) is 13.7 Å². The molecule has 0 unspecified atom stereocenters. The van der Waals surface area contributed by atoms with E-state index in [-0.39, 0.29) is 5.56 Å². The van der Waals surface area contributed by atoms with E-state index >= 15 is 4.39 Å². The number of halogens is 1. The number of hydrogen-bond acceptors (Lipinski definition) is 7. The first-order valence-electron chi connectivity index (χ1n) is 11.9. The average Bonchev–Trinajstić information content (AvgIpc) is 3.27. The number of ether oxygens (including phenoxy) is 4. The topological polar surface area (TPSA) is 93.1 Å². The maximum absolute atomic E-state index is 15.9. The van der Waals surface area contributed by atoms with E-state index in [1.54, 1.807) is 72.8 Å². The highest BCUT2D eigenvalue weighted by molar-refractivity contribution is 5.90. The van der Waals surface area contributed by atoms with Crippen LogP contribution < -0.4 is 10.3 Å². The van der Waals surface area contributed by atoms with E-state index in [0.29, 0.717) is 22.1 Å². The lowest BCUT2D eigenvalue weighted by Gasteiger charge is -2.19. The van der Waals surface area contributed by atoms with Crippen molar-refractivity contribution in [2.24, 2.45) is 0 Å². The van der Waals surface area contributed by atoms with Crippen LogP contribution in [0.25, 0.3) is 10.8 Å². The Bertz CT molecular complexity index is 1510. The fourth-order valence-corrected chi connectivity index (χ4v) is 4.33. The lowest BCUT2D eigenvalue weighted by molar-refractivity contribution is -0.0587. The molecule has 194 valence electrons. The lowest BCUT2D eigenvalue weighted by Crippen LogP contribution is -2.37. The number of aromatic nitrogens is 1. The summed E-state index contributed by atoms with van der Waals surface area (Å²) in [7, 11) is 1.48. The van der Waals surface area contributed by atoms with Gasteiger partial charge in [0, 0.05) is 6.20 Å². The largest absolute Gasteiger partial charge is 0.497 e. The van der Waals surface area contributed by atoms with Crippen molar-refractivity contribution in [1.29, 1.82) is 0 Å². The normalized spacial score (nSPS) is 20.7. The summed E-state index contributed by atoms with van der Waals surface area (Å²) in [5.74, 6) is -0.939. The lowest BCUT2D eigenvalue weighted by atomic mass is 10.1. The first-order valence-corrected chi connectivity index (χ1v) is 11.9. The summed E-state index contributed by atoms with van der Waals surface area (Å²) in [6, 6.07) is 23.0. The van der Waals surface area contributed by atoms with Gasteiger partial charge in [0.2, 0.25) is 0 Å². The number of nitrogens with zero attached hydrogens (tertiary/aromatic N) is 1. The molecule has 4 aromatic rings. The van der Waals surface area contributed by atoms with Gasteiger partial charge < -0.3 is 18.9 Å². The van der Waals surface area contributed by atoms with Crippen LogP contribution in [0.1, 0.15) is 26.9 Å². The van der Waals surface area contributed by atoms with Gasteiger partial charge in [0.25, 0.3) is 5.56 Å². The van der Waals surface area contributed by atoms with Crippen LogP contribution in [0.3, 0.4) is 0 Å². The summed E-state index contributed by atoms with van der Waals surface area (Å²) in [6.45, 7) is -0.395. The summed E-state index contributed by atoms with van der Waals surface area (Å²) in [5.41, 5.74) is 0.0126. The van der Waals surface area contributed by atoms with Crippen LogP contribution in [-0.4, -0.2) is 48.6 Å². The minimum Gasteiger partial charge on any atom is -0.497 e. The summed E-state index contributed by atoms with van der Waals surface area (Å²) in [6.07, 6.45) is -4.54. The van der Waals surface area contributed by atoms with E-state index in [0.717, 1.165) is 4.57 Å². The highest BCUT2D eigenvalue weighted by Crippen LogP contribution is 2.34. The Hall–Kier alpha value is -4.50. The van der Waals surface area contributed by atoms with Crippen LogP contribution in [0, 0.1) is 0 Å². The van der Waals surface area contributed by atoms with E-state index in [4.69, 9.17) is 18.9 Å².